The van der Waals surface area contributed by atoms with Crippen LogP contribution in [0.15, 0.2) is 122 Å². The number of aliphatic hydroxyl groups excluding tert-OH is 8. The second-order valence-electron chi connectivity index (χ2n) is 27.1. The van der Waals surface area contributed by atoms with Gasteiger partial charge in [0, 0.05) is 6.42 Å². The molecule has 0 aliphatic carbocycles. The molecule has 2 rings (SSSR count). The van der Waals surface area contributed by atoms with Gasteiger partial charge < -0.3 is 65.1 Å². The molecule has 2 saturated heterocycles. The standard InChI is InChI=1S/C83H143NO13/c1-3-5-7-9-11-13-15-17-19-21-23-25-27-29-31-33-35-37-38-40-42-44-46-48-50-52-54-56-58-60-62-64-66-72(87)71(70-94-82-80(93)78(91)81(74(69-86)96-82)97-83-79(92)77(90)76(89)73(68-85)95-83)84-75(88)67-65-63-61-59-57-55-53-51-49-47-45-43-41-39-36-34-32-30-28-26-24-22-20-18-16-14-12-10-8-6-4-2/h6,8,12,14,18,20,24,26,30,32,36,39,43,45,49,51,56,58,64,66,71-74,76-83,85-87,89-93H,3-5,7,9-11,13,15-17,19,21-23,25,27-29,31,33-35,37-38,40-42,44,46-48,50,52-55,57,59-63,65,67-70H2,1-2H3,(H,84,88)/b8-6-,14-12-,20-18-,26-24-,32-30-,39-36-,45-43-,51-49-,58-56+,66-64+. The Kier molecular flexibility index (Phi) is 60.6. The van der Waals surface area contributed by atoms with Gasteiger partial charge in [-0.05, 0) is 96.3 Å². The highest BCUT2D eigenvalue weighted by Crippen LogP contribution is 2.30. The van der Waals surface area contributed by atoms with Crippen LogP contribution in [0.25, 0.3) is 0 Å². The summed E-state index contributed by atoms with van der Waals surface area (Å²) in [6.45, 7) is 2.68. The Labute approximate surface area is 590 Å². The van der Waals surface area contributed by atoms with Crippen LogP contribution in [-0.4, -0.2) is 140 Å². The van der Waals surface area contributed by atoms with E-state index in [0.29, 0.717) is 12.8 Å². The van der Waals surface area contributed by atoms with Crippen molar-refractivity contribution in [3.05, 3.63) is 122 Å². The maximum atomic E-state index is 13.4. The number of nitrogens with one attached hydrogen (secondary N) is 1. The summed E-state index contributed by atoms with van der Waals surface area (Å²) in [6.07, 6.45) is 79.8. The lowest BCUT2D eigenvalue weighted by Crippen LogP contribution is -2.65. The molecule has 2 heterocycles. The minimum atomic E-state index is -1.80. The first-order valence-electron chi connectivity index (χ1n) is 39.3. The van der Waals surface area contributed by atoms with Crippen LogP contribution < -0.4 is 5.32 Å². The summed E-state index contributed by atoms with van der Waals surface area (Å²) in [7, 11) is 0. The van der Waals surface area contributed by atoms with Crippen LogP contribution in [0, 0.1) is 0 Å². The quantitative estimate of drug-likeness (QED) is 0.0204. The third kappa shape index (κ3) is 48.8. The molecule has 2 aliphatic heterocycles. The first-order chi connectivity index (χ1) is 47.6. The Morgan fingerprint density at radius 2 is 0.722 bits per heavy atom. The van der Waals surface area contributed by atoms with Gasteiger partial charge in [0.15, 0.2) is 12.6 Å². The Hall–Kier alpha value is -3.61. The number of hydrogen-bond acceptors (Lipinski definition) is 13. The van der Waals surface area contributed by atoms with E-state index in [9.17, 15) is 45.6 Å². The topological polar surface area (TPSA) is 228 Å². The summed E-state index contributed by atoms with van der Waals surface area (Å²) >= 11 is 0. The van der Waals surface area contributed by atoms with E-state index in [1.165, 1.54) is 167 Å². The van der Waals surface area contributed by atoms with Gasteiger partial charge in [-0.25, -0.2) is 0 Å². The Morgan fingerprint density at radius 3 is 1.13 bits per heavy atom. The highest BCUT2D eigenvalue weighted by atomic mass is 16.7. The van der Waals surface area contributed by atoms with E-state index < -0.39 is 86.8 Å². The van der Waals surface area contributed by atoms with Crippen LogP contribution >= 0.6 is 0 Å². The molecule has 0 bridgehead atoms. The third-order valence-corrected chi connectivity index (χ3v) is 18.4. The van der Waals surface area contributed by atoms with Crippen LogP contribution in [0.4, 0.5) is 0 Å². The molecule has 1 amide bonds. The fourth-order valence-corrected chi connectivity index (χ4v) is 12.2. The summed E-state index contributed by atoms with van der Waals surface area (Å²) in [6, 6.07) is -0.951. The molecule has 558 valence electrons. The van der Waals surface area contributed by atoms with Crippen molar-refractivity contribution >= 4 is 5.91 Å². The second kappa shape index (κ2) is 65.7. The zero-order valence-corrected chi connectivity index (χ0v) is 61.0. The number of carbonyl (C=O) groups excluding carboxylic acids is 1. The molecule has 0 aromatic carbocycles. The van der Waals surface area contributed by atoms with Gasteiger partial charge in [0.2, 0.25) is 5.91 Å². The predicted molar refractivity (Wildman–Crippen MR) is 401 cm³/mol. The predicted octanol–water partition coefficient (Wildman–Crippen LogP) is 17.6. The summed E-state index contributed by atoms with van der Waals surface area (Å²) < 4.78 is 22.9. The molecule has 14 nitrogen and oxygen atoms in total. The molecule has 14 heteroatoms. The zero-order chi connectivity index (χ0) is 70.1. The van der Waals surface area contributed by atoms with Gasteiger partial charge >= 0.3 is 0 Å². The largest absolute Gasteiger partial charge is 0.394 e. The van der Waals surface area contributed by atoms with E-state index in [4.69, 9.17) is 18.9 Å². The van der Waals surface area contributed by atoms with Crippen molar-refractivity contribution in [1.29, 1.82) is 0 Å². The van der Waals surface area contributed by atoms with E-state index in [2.05, 4.69) is 129 Å². The second-order valence-corrected chi connectivity index (χ2v) is 27.1. The molecule has 9 N–H and O–H groups in total. The van der Waals surface area contributed by atoms with Gasteiger partial charge in [-0.15, -0.1) is 0 Å². The van der Waals surface area contributed by atoms with Crippen molar-refractivity contribution in [3.8, 4) is 0 Å². The van der Waals surface area contributed by atoms with Crippen LogP contribution in [-0.2, 0) is 23.7 Å². The van der Waals surface area contributed by atoms with Gasteiger partial charge in [0.05, 0.1) is 32.0 Å². The first-order valence-corrected chi connectivity index (χ1v) is 39.3. The smallest absolute Gasteiger partial charge is 0.220 e. The maximum absolute atomic E-state index is 13.4. The lowest BCUT2D eigenvalue weighted by Gasteiger charge is -2.46. The zero-order valence-electron chi connectivity index (χ0n) is 61.0. The molecular formula is C83H143NO13. The van der Waals surface area contributed by atoms with Crippen molar-refractivity contribution < 1.29 is 64.6 Å². The molecule has 97 heavy (non-hydrogen) atoms. The van der Waals surface area contributed by atoms with Crippen LogP contribution in [0.2, 0.25) is 0 Å². The minimum Gasteiger partial charge on any atom is -0.394 e. The van der Waals surface area contributed by atoms with E-state index in [1.807, 2.05) is 6.08 Å². The molecule has 0 aromatic heterocycles. The van der Waals surface area contributed by atoms with E-state index in [-0.39, 0.29) is 18.9 Å². The lowest BCUT2D eigenvalue weighted by molar-refractivity contribution is -0.359. The van der Waals surface area contributed by atoms with Crippen LogP contribution in [0.5, 0.6) is 0 Å². The molecular weight excluding hydrogens is 1220 g/mol. The molecule has 0 saturated carbocycles. The summed E-state index contributed by atoms with van der Waals surface area (Å²) in [5.74, 6) is -0.266. The first kappa shape index (κ1) is 89.5. The van der Waals surface area contributed by atoms with Crippen LogP contribution in [0.1, 0.15) is 303 Å². The normalized spacial score (nSPS) is 22.8. The summed E-state index contributed by atoms with van der Waals surface area (Å²) in [4.78, 5) is 13.4. The maximum Gasteiger partial charge on any atom is 0.220 e. The SMILES string of the molecule is CC/C=C\C/C=C\C/C=C\C/C=C\C/C=C\C/C=C\C/C=C\C/C=C\CCCCCCCCC(=O)NC(COC1OC(CO)C(OC2OC(CO)C(O)C(O)C2O)C(O)C1O)C(O)/C=C/CC/C=C/CCCCCCCCCCCCCCCCCCCCCCCCCCCC. The van der Waals surface area contributed by atoms with Crippen molar-refractivity contribution in [2.45, 2.75) is 376 Å². The Morgan fingerprint density at radius 1 is 0.381 bits per heavy atom. The third-order valence-electron chi connectivity index (χ3n) is 18.4. The molecule has 12 atom stereocenters. The minimum absolute atomic E-state index is 0.249. The lowest BCUT2D eigenvalue weighted by atomic mass is 9.97. The van der Waals surface area contributed by atoms with Crippen LogP contribution in [0.3, 0.4) is 0 Å². The highest BCUT2D eigenvalue weighted by Gasteiger charge is 2.51. The molecule has 0 aromatic rings. The monoisotopic (exact) mass is 1360 g/mol. The van der Waals surface area contributed by atoms with Gasteiger partial charge in [-0.1, -0.05) is 322 Å². The Bertz CT molecular complexity index is 2100. The number of ether oxygens (including phenoxy) is 4. The fourth-order valence-electron chi connectivity index (χ4n) is 12.2. The number of hydrogen-bond donors (Lipinski definition) is 9. The van der Waals surface area contributed by atoms with Gasteiger partial charge in [0.1, 0.15) is 48.8 Å². The summed E-state index contributed by atoms with van der Waals surface area (Å²) in [5, 5.41) is 87.6. The van der Waals surface area contributed by atoms with Crippen molar-refractivity contribution in [2.75, 3.05) is 19.8 Å². The number of aliphatic hydroxyl groups is 8. The van der Waals surface area contributed by atoms with Crippen molar-refractivity contribution in [1.82, 2.24) is 5.32 Å². The fraction of sp³-hybridized carbons (Fsp3) is 0.747. The number of unbranched alkanes of at least 4 members (excludes halogenated alkanes) is 33. The number of allylic oxidation sites excluding steroid dienone is 19. The number of amides is 1. The highest BCUT2D eigenvalue weighted by molar-refractivity contribution is 5.76. The molecule has 2 aliphatic rings. The molecule has 0 spiro atoms. The molecule has 12 unspecified atom stereocenters. The Balaban J connectivity index is 1.67. The van der Waals surface area contributed by atoms with E-state index in [0.717, 1.165) is 103 Å². The molecule has 2 fully saturated rings. The number of carbonyl (C=O) groups is 1. The van der Waals surface area contributed by atoms with Gasteiger partial charge in [-0.3, -0.25) is 4.79 Å². The number of rotatable bonds is 64. The van der Waals surface area contributed by atoms with Crippen molar-refractivity contribution in [3.63, 3.8) is 0 Å². The van der Waals surface area contributed by atoms with Crippen molar-refractivity contribution in [2.24, 2.45) is 0 Å². The van der Waals surface area contributed by atoms with Gasteiger partial charge in [-0.2, -0.15) is 0 Å². The average molecular weight is 1360 g/mol. The van der Waals surface area contributed by atoms with E-state index >= 15 is 0 Å². The summed E-state index contributed by atoms with van der Waals surface area (Å²) in [5.41, 5.74) is 0. The molecule has 0 radical (unpaired) electrons. The van der Waals surface area contributed by atoms with Gasteiger partial charge in [0.25, 0.3) is 0 Å². The van der Waals surface area contributed by atoms with E-state index in [1.54, 1.807) is 6.08 Å². The average Bonchev–Trinajstić information content (AvgIpc) is 0.794.